The summed E-state index contributed by atoms with van der Waals surface area (Å²) < 4.78 is 10.7. The number of para-hydroxylation sites is 2. The van der Waals surface area contributed by atoms with Crippen molar-refractivity contribution >= 4 is 17.3 Å². The number of hydrogen-bond acceptors (Lipinski definition) is 5. The zero-order chi connectivity index (χ0) is 17.4. The van der Waals surface area contributed by atoms with Crippen molar-refractivity contribution in [3.8, 4) is 11.5 Å². The van der Waals surface area contributed by atoms with Crippen LogP contribution in [0.25, 0.3) is 0 Å². The molecule has 7 N–H and O–H groups in total. The van der Waals surface area contributed by atoms with E-state index in [1.807, 2.05) is 42.5 Å². The number of fused-ring (bicyclic) bond motifs is 1. The molecule has 0 fully saturated rings. The highest BCUT2D eigenvalue weighted by atomic mass is 16.5. The Morgan fingerprint density at radius 2 is 1.67 bits per heavy atom. The lowest BCUT2D eigenvalue weighted by atomic mass is 9.97. The molecule has 2 heterocycles. The van der Waals surface area contributed by atoms with Crippen molar-refractivity contribution in [2.45, 2.75) is 6.04 Å². The predicted octanol–water partition coefficient (Wildman–Crippen LogP) is 1.02. The minimum absolute atomic E-state index is 0. The third-order valence-electron chi connectivity index (χ3n) is 4.54. The van der Waals surface area contributed by atoms with Gasteiger partial charge in [0.15, 0.2) is 11.5 Å². The van der Waals surface area contributed by atoms with Crippen molar-refractivity contribution in [3.05, 3.63) is 59.3 Å². The van der Waals surface area contributed by atoms with Crippen molar-refractivity contribution < 1.29 is 25.2 Å². The Hall–Kier alpha value is -3.23. The van der Waals surface area contributed by atoms with Crippen LogP contribution < -0.4 is 25.4 Å². The number of anilines is 2. The van der Waals surface area contributed by atoms with Crippen molar-refractivity contribution in [2.75, 3.05) is 31.4 Å². The molecule has 1 unspecified atom stereocenters. The molecule has 8 nitrogen and oxygen atoms in total. The van der Waals surface area contributed by atoms with Gasteiger partial charge in [-0.25, -0.2) is 0 Å². The first-order valence-corrected chi connectivity index (χ1v) is 8.07. The van der Waals surface area contributed by atoms with Crippen LogP contribution in [0.3, 0.4) is 0 Å². The molecule has 27 heavy (non-hydrogen) atoms. The Balaban J connectivity index is 0.00000131. The maximum atomic E-state index is 12.5. The van der Waals surface area contributed by atoms with Crippen molar-refractivity contribution in [1.29, 1.82) is 0 Å². The Bertz CT molecular complexity index is 881. The van der Waals surface area contributed by atoms with E-state index in [4.69, 9.17) is 9.47 Å². The molecule has 1 atom stereocenters. The lowest BCUT2D eigenvalue weighted by Gasteiger charge is -2.21. The molecule has 0 spiro atoms. The fraction of sp³-hybridized carbons (Fsp3) is 0.211. The first-order chi connectivity index (χ1) is 12.2. The van der Waals surface area contributed by atoms with Crippen LogP contribution >= 0.6 is 0 Å². The van der Waals surface area contributed by atoms with Gasteiger partial charge in [-0.3, -0.25) is 4.79 Å². The maximum absolute atomic E-state index is 12.5. The lowest BCUT2D eigenvalue weighted by Crippen LogP contribution is -2.24. The summed E-state index contributed by atoms with van der Waals surface area (Å²) in [6, 6.07) is 13.3. The Morgan fingerprint density at radius 1 is 0.963 bits per heavy atom. The molecule has 1 amide bonds. The second-order valence-corrected chi connectivity index (χ2v) is 5.94. The molecule has 8 heteroatoms. The van der Waals surface area contributed by atoms with Gasteiger partial charge in [-0.2, -0.15) is 0 Å². The molecule has 0 aromatic heterocycles. The highest BCUT2D eigenvalue weighted by Gasteiger charge is 2.34. The van der Waals surface area contributed by atoms with E-state index in [0.717, 1.165) is 22.6 Å². The zero-order valence-electron chi connectivity index (χ0n) is 15.1. The van der Waals surface area contributed by atoms with E-state index in [-0.39, 0.29) is 22.9 Å². The number of carbonyl (C=O) groups excluding carboxylic acids is 1. The third kappa shape index (κ3) is 3.40. The maximum Gasteiger partial charge on any atom is 0.251 e. The fourth-order valence-electron chi connectivity index (χ4n) is 3.30. The summed E-state index contributed by atoms with van der Waals surface area (Å²) >= 11 is 0. The van der Waals surface area contributed by atoms with Gasteiger partial charge in [0.05, 0.1) is 43.8 Å². The molecule has 2 aliphatic heterocycles. The molecule has 2 aromatic rings. The molecule has 2 aromatic carbocycles. The van der Waals surface area contributed by atoms with E-state index >= 15 is 0 Å². The third-order valence-corrected chi connectivity index (χ3v) is 4.54. The SMILES string of the molecule is COc1ccc(C2Nc3ccccc3NC3=C2C(=O)NC3)cc1OC.O.O. The summed E-state index contributed by atoms with van der Waals surface area (Å²) in [5.41, 5.74) is 4.42. The Labute approximate surface area is 156 Å². The largest absolute Gasteiger partial charge is 0.493 e. The minimum Gasteiger partial charge on any atom is -0.493 e. The van der Waals surface area contributed by atoms with E-state index in [2.05, 4.69) is 16.0 Å². The topological polar surface area (TPSA) is 135 Å². The number of ether oxygens (including phenoxy) is 2. The van der Waals surface area contributed by atoms with Crippen molar-refractivity contribution in [3.63, 3.8) is 0 Å². The predicted molar refractivity (Wildman–Crippen MR) is 103 cm³/mol. The van der Waals surface area contributed by atoms with Gasteiger partial charge < -0.3 is 36.4 Å². The molecule has 0 aliphatic carbocycles. The van der Waals surface area contributed by atoms with Gasteiger partial charge in [0, 0.05) is 5.70 Å². The van der Waals surface area contributed by atoms with Crippen LogP contribution in [0, 0.1) is 0 Å². The highest BCUT2D eigenvalue weighted by molar-refractivity contribution is 6.01. The molecular formula is C19H23N3O5. The summed E-state index contributed by atoms with van der Waals surface area (Å²) in [5.74, 6) is 1.22. The number of nitrogens with one attached hydrogen (secondary N) is 3. The second-order valence-electron chi connectivity index (χ2n) is 5.94. The normalized spacial score (nSPS) is 17.0. The van der Waals surface area contributed by atoms with Gasteiger partial charge in [-0.15, -0.1) is 0 Å². The number of methoxy groups -OCH3 is 2. The summed E-state index contributed by atoms with van der Waals surface area (Å²) in [6.45, 7) is 0.494. The number of carbonyl (C=O) groups is 1. The lowest BCUT2D eigenvalue weighted by molar-refractivity contribution is -0.116. The van der Waals surface area contributed by atoms with Gasteiger partial charge in [0.1, 0.15) is 0 Å². The molecule has 0 saturated heterocycles. The molecule has 0 radical (unpaired) electrons. The Morgan fingerprint density at radius 3 is 2.37 bits per heavy atom. The summed E-state index contributed by atoms with van der Waals surface area (Å²) in [4.78, 5) is 12.5. The molecule has 4 rings (SSSR count). The molecule has 0 saturated carbocycles. The van der Waals surface area contributed by atoms with Crippen LogP contribution in [0.1, 0.15) is 11.6 Å². The van der Waals surface area contributed by atoms with E-state index in [1.54, 1.807) is 14.2 Å². The van der Waals surface area contributed by atoms with Crippen LogP contribution in [0.2, 0.25) is 0 Å². The van der Waals surface area contributed by atoms with Crippen molar-refractivity contribution in [2.24, 2.45) is 0 Å². The standard InChI is InChI=1S/C19H19N3O3.2H2O/c1-24-15-8-7-11(9-16(15)25-2)18-17-14(10-20-19(17)23)21-12-5-3-4-6-13(12)22-18;;/h3-9,18,21-22H,10H2,1-2H3,(H,20,23);2*1H2. The first-order valence-electron chi connectivity index (χ1n) is 8.07. The average Bonchev–Trinajstić information content (AvgIpc) is 2.91. The van der Waals surface area contributed by atoms with E-state index in [1.165, 1.54) is 0 Å². The van der Waals surface area contributed by atoms with Crippen molar-refractivity contribution in [1.82, 2.24) is 5.32 Å². The summed E-state index contributed by atoms with van der Waals surface area (Å²) in [5, 5.41) is 9.77. The summed E-state index contributed by atoms with van der Waals surface area (Å²) in [7, 11) is 3.21. The quantitative estimate of drug-likeness (QED) is 0.738. The van der Waals surface area contributed by atoms with E-state index in [0.29, 0.717) is 23.6 Å². The van der Waals surface area contributed by atoms with Crippen LogP contribution in [-0.2, 0) is 4.79 Å². The van der Waals surface area contributed by atoms with Gasteiger partial charge in [-0.1, -0.05) is 18.2 Å². The first kappa shape index (κ1) is 20.1. The van der Waals surface area contributed by atoms with Crippen LogP contribution in [-0.4, -0.2) is 37.6 Å². The number of hydrogen-bond donors (Lipinski definition) is 3. The van der Waals surface area contributed by atoms with E-state index in [9.17, 15) is 4.79 Å². The number of rotatable bonds is 3. The van der Waals surface area contributed by atoms with Crippen LogP contribution in [0.15, 0.2) is 53.7 Å². The number of amides is 1. The minimum atomic E-state index is -0.284. The average molecular weight is 373 g/mol. The molecule has 0 bridgehead atoms. The van der Waals surface area contributed by atoms with Gasteiger partial charge in [0.25, 0.3) is 5.91 Å². The molecule has 2 aliphatic rings. The monoisotopic (exact) mass is 373 g/mol. The molecular weight excluding hydrogens is 350 g/mol. The highest BCUT2D eigenvalue weighted by Crippen LogP contribution is 2.40. The van der Waals surface area contributed by atoms with Crippen LogP contribution in [0.5, 0.6) is 11.5 Å². The van der Waals surface area contributed by atoms with Gasteiger partial charge >= 0.3 is 0 Å². The summed E-state index contributed by atoms with van der Waals surface area (Å²) in [6.07, 6.45) is 0. The Kier molecular flexibility index (Phi) is 5.94. The second kappa shape index (κ2) is 7.98. The van der Waals surface area contributed by atoms with Crippen LogP contribution in [0.4, 0.5) is 11.4 Å². The van der Waals surface area contributed by atoms with E-state index < -0.39 is 0 Å². The van der Waals surface area contributed by atoms with Gasteiger partial charge in [0.2, 0.25) is 0 Å². The zero-order valence-corrected chi connectivity index (χ0v) is 15.1. The smallest absolute Gasteiger partial charge is 0.251 e. The fourth-order valence-corrected chi connectivity index (χ4v) is 3.30. The van der Waals surface area contributed by atoms with Gasteiger partial charge in [-0.05, 0) is 29.8 Å². The number of benzene rings is 2. The molecule has 144 valence electrons.